The van der Waals surface area contributed by atoms with Crippen molar-refractivity contribution in [3.05, 3.63) is 23.9 Å². The van der Waals surface area contributed by atoms with Gasteiger partial charge in [-0.05, 0) is 63.0 Å². The molecule has 0 unspecified atom stereocenters. The van der Waals surface area contributed by atoms with Gasteiger partial charge in [-0.1, -0.05) is 6.92 Å². The van der Waals surface area contributed by atoms with E-state index in [1.807, 2.05) is 19.1 Å². The van der Waals surface area contributed by atoms with Crippen molar-refractivity contribution in [1.29, 1.82) is 0 Å². The van der Waals surface area contributed by atoms with Gasteiger partial charge in [0.15, 0.2) is 5.96 Å². The fraction of sp³-hybridized carbons (Fsp3) is 0.682. The van der Waals surface area contributed by atoms with Crippen molar-refractivity contribution in [2.75, 3.05) is 19.7 Å². The fourth-order valence-corrected chi connectivity index (χ4v) is 3.98. The van der Waals surface area contributed by atoms with Crippen molar-refractivity contribution in [3.8, 4) is 5.88 Å². The summed E-state index contributed by atoms with van der Waals surface area (Å²) in [6.45, 7) is 6.32. The average Bonchev–Trinajstić information content (AvgIpc) is 2.75. The van der Waals surface area contributed by atoms with Crippen LogP contribution in [0.2, 0.25) is 0 Å². The number of aliphatic imine (C=N–C) groups is 1. The molecule has 3 N–H and O–H groups in total. The van der Waals surface area contributed by atoms with Crippen LogP contribution in [0.4, 0.5) is 4.79 Å². The Morgan fingerprint density at radius 3 is 2.65 bits per heavy atom. The van der Waals surface area contributed by atoms with Crippen LogP contribution < -0.4 is 15.8 Å². The highest BCUT2D eigenvalue weighted by atomic mass is 127. The number of piperidine rings is 1. The van der Waals surface area contributed by atoms with Gasteiger partial charge in [-0.2, -0.15) is 0 Å². The Bertz CT molecular complexity index is 717. The largest absolute Gasteiger partial charge is 0.474 e. The van der Waals surface area contributed by atoms with E-state index in [9.17, 15) is 4.79 Å². The molecule has 1 aliphatic heterocycles. The lowest BCUT2D eigenvalue weighted by Crippen LogP contribution is -2.48. The smallest absolute Gasteiger partial charge is 0.409 e. The normalized spacial score (nSPS) is 22.4. The Balaban J connectivity index is 0.00000341. The van der Waals surface area contributed by atoms with E-state index in [0.717, 1.165) is 37.2 Å². The number of rotatable bonds is 6. The molecule has 1 saturated heterocycles. The zero-order valence-electron chi connectivity index (χ0n) is 18.6. The molecule has 0 atom stereocenters. The SMILES string of the molecule is CCOC(=O)N1CCC(NC(N)=NCc2ccnc(OC3CCC(C)CC3)c2)CC1.I. The number of nitrogens with two attached hydrogens (primary N) is 1. The lowest BCUT2D eigenvalue weighted by molar-refractivity contribution is 0.0963. The van der Waals surface area contributed by atoms with Crippen molar-refractivity contribution in [3.63, 3.8) is 0 Å². The van der Waals surface area contributed by atoms with Crippen LogP contribution in [0, 0.1) is 5.92 Å². The van der Waals surface area contributed by atoms with Crippen LogP contribution in [0.1, 0.15) is 57.9 Å². The summed E-state index contributed by atoms with van der Waals surface area (Å²) >= 11 is 0. The van der Waals surface area contributed by atoms with Crippen LogP contribution in [0.3, 0.4) is 0 Å². The van der Waals surface area contributed by atoms with Crippen LogP contribution in [-0.2, 0) is 11.3 Å². The zero-order valence-corrected chi connectivity index (χ0v) is 20.9. The molecule has 1 aromatic heterocycles. The summed E-state index contributed by atoms with van der Waals surface area (Å²) in [4.78, 5) is 22.3. The van der Waals surface area contributed by atoms with Gasteiger partial charge in [-0.25, -0.2) is 14.8 Å². The molecule has 3 rings (SSSR count). The fourth-order valence-electron chi connectivity index (χ4n) is 3.98. The van der Waals surface area contributed by atoms with E-state index in [1.165, 1.54) is 12.8 Å². The number of carbonyl (C=O) groups excluding carboxylic acids is 1. The number of nitrogens with one attached hydrogen (secondary N) is 1. The quantitative estimate of drug-likeness (QED) is 0.321. The van der Waals surface area contributed by atoms with Gasteiger partial charge in [-0.15, -0.1) is 24.0 Å². The first-order valence-corrected chi connectivity index (χ1v) is 11.1. The minimum Gasteiger partial charge on any atom is -0.474 e. The van der Waals surface area contributed by atoms with E-state index in [-0.39, 0.29) is 42.2 Å². The van der Waals surface area contributed by atoms with Crippen LogP contribution in [-0.4, -0.2) is 53.8 Å². The number of hydrogen-bond donors (Lipinski definition) is 2. The number of halogens is 1. The number of pyridine rings is 1. The van der Waals surface area contributed by atoms with Gasteiger partial charge in [0.25, 0.3) is 0 Å². The van der Waals surface area contributed by atoms with Gasteiger partial charge in [0.1, 0.15) is 6.10 Å². The maximum atomic E-state index is 11.8. The van der Waals surface area contributed by atoms with E-state index in [0.29, 0.717) is 38.1 Å². The molecule has 2 heterocycles. The molecule has 2 aliphatic rings. The van der Waals surface area contributed by atoms with E-state index >= 15 is 0 Å². The van der Waals surface area contributed by atoms with E-state index < -0.39 is 0 Å². The Morgan fingerprint density at radius 2 is 1.97 bits per heavy atom. The highest BCUT2D eigenvalue weighted by Gasteiger charge is 2.23. The maximum absolute atomic E-state index is 11.8. The van der Waals surface area contributed by atoms with Crippen LogP contribution in [0.15, 0.2) is 23.3 Å². The summed E-state index contributed by atoms with van der Waals surface area (Å²) in [5.74, 6) is 1.89. The molecule has 0 radical (unpaired) electrons. The number of hydrogen-bond acceptors (Lipinski definition) is 5. The lowest BCUT2D eigenvalue weighted by Gasteiger charge is -2.31. The van der Waals surface area contributed by atoms with E-state index in [1.54, 1.807) is 11.1 Å². The molecule has 31 heavy (non-hydrogen) atoms. The Labute approximate surface area is 202 Å². The van der Waals surface area contributed by atoms with Gasteiger partial charge in [0, 0.05) is 31.4 Å². The summed E-state index contributed by atoms with van der Waals surface area (Å²) < 4.78 is 11.1. The molecule has 1 aromatic rings. The maximum Gasteiger partial charge on any atom is 0.409 e. The highest BCUT2D eigenvalue weighted by molar-refractivity contribution is 14.0. The summed E-state index contributed by atoms with van der Waals surface area (Å²) in [6, 6.07) is 4.10. The first-order chi connectivity index (χ1) is 14.5. The van der Waals surface area contributed by atoms with Gasteiger partial charge in [0.05, 0.1) is 13.2 Å². The third-order valence-electron chi connectivity index (χ3n) is 5.85. The molecule has 0 aromatic carbocycles. The van der Waals surface area contributed by atoms with Gasteiger partial charge >= 0.3 is 6.09 Å². The summed E-state index contributed by atoms with van der Waals surface area (Å²) in [5.41, 5.74) is 7.10. The standard InChI is InChI=1S/C22H35N5O3.HI/c1-3-29-22(28)27-12-9-18(10-13-27)26-21(23)25-15-17-8-11-24-20(14-17)30-19-6-4-16(2)5-7-19;/h8,11,14,16,18-19H,3-7,9-10,12-13,15H2,1-2H3,(H3,23,25,26);1H. The van der Waals surface area contributed by atoms with Crippen molar-refractivity contribution in [2.24, 2.45) is 16.6 Å². The monoisotopic (exact) mass is 545 g/mol. The first-order valence-electron chi connectivity index (χ1n) is 11.1. The molecule has 0 spiro atoms. The minimum atomic E-state index is -0.240. The molecule has 1 aliphatic carbocycles. The molecular formula is C22H36IN5O3. The number of nitrogens with zero attached hydrogens (tertiary/aromatic N) is 3. The molecule has 1 amide bonds. The number of amides is 1. The van der Waals surface area contributed by atoms with Crippen LogP contribution in [0.25, 0.3) is 0 Å². The minimum absolute atomic E-state index is 0. The number of ether oxygens (including phenoxy) is 2. The second-order valence-electron chi connectivity index (χ2n) is 8.31. The van der Waals surface area contributed by atoms with Gasteiger partial charge in [-0.3, -0.25) is 0 Å². The van der Waals surface area contributed by atoms with Crippen LogP contribution in [0.5, 0.6) is 5.88 Å². The van der Waals surface area contributed by atoms with Crippen molar-refractivity contribution < 1.29 is 14.3 Å². The van der Waals surface area contributed by atoms with Crippen molar-refractivity contribution >= 4 is 36.0 Å². The van der Waals surface area contributed by atoms with Crippen molar-refractivity contribution in [1.82, 2.24) is 15.2 Å². The lowest BCUT2D eigenvalue weighted by atomic mass is 9.89. The summed E-state index contributed by atoms with van der Waals surface area (Å²) in [7, 11) is 0. The van der Waals surface area contributed by atoms with Crippen LogP contribution >= 0.6 is 24.0 Å². The molecule has 1 saturated carbocycles. The Morgan fingerprint density at radius 1 is 1.26 bits per heavy atom. The first kappa shape index (κ1) is 25.5. The molecule has 2 fully saturated rings. The molecular weight excluding hydrogens is 509 g/mol. The Kier molecular flexibility index (Phi) is 10.6. The predicted octanol–water partition coefficient (Wildman–Crippen LogP) is 3.68. The second kappa shape index (κ2) is 12.9. The molecule has 174 valence electrons. The zero-order chi connectivity index (χ0) is 21.3. The number of aromatic nitrogens is 1. The highest BCUT2D eigenvalue weighted by Crippen LogP contribution is 2.26. The van der Waals surface area contributed by atoms with Crippen molar-refractivity contribution in [2.45, 2.75) is 71.1 Å². The second-order valence-corrected chi connectivity index (χ2v) is 8.31. The molecule has 0 bridgehead atoms. The topological polar surface area (TPSA) is 102 Å². The average molecular weight is 545 g/mol. The summed E-state index contributed by atoms with van der Waals surface area (Å²) in [5, 5.41) is 3.27. The van der Waals surface area contributed by atoms with Gasteiger partial charge in [0.2, 0.25) is 5.88 Å². The molecule has 9 heteroatoms. The third kappa shape index (κ3) is 8.34. The van der Waals surface area contributed by atoms with E-state index in [2.05, 4.69) is 22.2 Å². The third-order valence-corrected chi connectivity index (χ3v) is 5.85. The molecule has 8 nitrogen and oxygen atoms in total. The predicted molar refractivity (Wildman–Crippen MR) is 132 cm³/mol. The van der Waals surface area contributed by atoms with E-state index in [4.69, 9.17) is 15.2 Å². The number of likely N-dealkylation sites (tertiary alicyclic amines) is 1. The Hall–Kier alpha value is -1.78. The van der Waals surface area contributed by atoms with Gasteiger partial charge < -0.3 is 25.4 Å². The number of guanidine groups is 1. The number of carbonyl (C=O) groups is 1. The summed E-state index contributed by atoms with van der Waals surface area (Å²) in [6.07, 6.45) is 8.06.